The van der Waals surface area contributed by atoms with Gasteiger partial charge in [-0.15, -0.1) is 0 Å². The zero-order valence-electron chi connectivity index (χ0n) is 18.5. The smallest absolute Gasteiger partial charge is 0.338 e. The number of carbonyl (C=O) groups is 2. The van der Waals surface area contributed by atoms with Gasteiger partial charge in [-0.05, 0) is 54.2 Å². The molecule has 0 amide bonds. The third-order valence-corrected chi connectivity index (χ3v) is 5.32. The highest BCUT2D eigenvalue weighted by molar-refractivity contribution is 5.90. The van der Waals surface area contributed by atoms with Gasteiger partial charge in [0.05, 0.1) is 12.2 Å². The van der Waals surface area contributed by atoms with E-state index in [9.17, 15) is 9.59 Å². The van der Waals surface area contributed by atoms with Crippen molar-refractivity contribution < 1.29 is 19.1 Å². The zero-order valence-corrected chi connectivity index (χ0v) is 18.5. The van der Waals surface area contributed by atoms with Gasteiger partial charge in [0.1, 0.15) is 5.75 Å². The lowest BCUT2D eigenvalue weighted by atomic mass is 10.0. The van der Waals surface area contributed by atoms with Crippen LogP contribution in [0.1, 0.15) is 76.1 Å². The van der Waals surface area contributed by atoms with Crippen LogP contribution in [0.5, 0.6) is 5.75 Å². The highest BCUT2D eigenvalue weighted by atomic mass is 16.5. The quantitative estimate of drug-likeness (QED) is 0.219. The van der Waals surface area contributed by atoms with Gasteiger partial charge in [0.15, 0.2) is 0 Å². The van der Waals surface area contributed by atoms with E-state index in [1.165, 1.54) is 0 Å². The average molecular weight is 411 g/mol. The second kappa shape index (κ2) is 12.8. The number of carbonyl (C=O) groups excluding carboxylic acids is 2. The molecule has 0 aliphatic heterocycles. The standard InChI is InChI=1S/C26H34O4/c1-4-6-7-8-9-25(27)30-24-16-14-22(15-17-24)21-10-12-23(13-11-21)26(28)29-19-18-20(3)5-2/h10-17,20H,4-9,18-19H2,1-3H3. The Kier molecular flexibility index (Phi) is 10.1. The molecule has 0 N–H and O–H groups in total. The fourth-order valence-electron chi connectivity index (χ4n) is 3.03. The van der Waals surface area contributed by atoms with Gasteiger partial charge in [-0.1, -0.05) is 70.7 Å². The minimum atomic E-state index is -0.286. The maximum absolute atomic E-state index is 12.2. The summed E-state index contributed by atoms with van der Waals surface area (Å²) >= 11 is 0. The highest BCUT2D eigenvalue weighted by Crippen LogP contribution is 2.23. The predicted molar refractivity (Wildman–Crippen MR) is 121 cm³/mol. The first-order valence-electron chi connectivity index (χ1n) is 11.1. The molecule has 1 unspecified atom stereocenters. The normalized spacial score (nSPS) is 11.7. The molecule has 0 aliphatic carbocycles. The third-order valence-electron chi connectivity index (χ3n) is 5.32. The van der Waals surface area contributed by atoms with Crippen LogP contribution in [0.2, 0.25) is 0 Å². The molecule has 0 radical (unpaired) electrons. The Bertz CT molecular complexity index is 778. The molecule has 162 valence electrons. The molecule has 0 saturated heterocycles. The van der Waals surface area contributed by atoms with Crippen molar-refractivity contribution in [2.75, 3.05) is 6.61 Å². The lowest BCUT2D eigenvalue weighted by molar-refractivity contribution is -0.134. The molecule has 2 aromatic rings. The summed E-state index contributed by atoms with van der Waals surface area (Å²) in [5, 5.41) is 0. The molecule has 0 saturated carbocycles. The van der Waals surface area contributed by atoms with Gasteiger partial charge >= 0.3 is 11.9 Å². The van der Waals surface area contributed by atoms with Crippen LogP contribution in [0.25, 0.3) is 11.1 Å². The number of rotatable bonds is 12. The molecule has 2 aromatic carbocycles. The molecule has 30 heavy (non-hydrogen) atoms. The Balaban J connectivity index is 1.86. The van der Waals surface area contributed by atoms with E-state index in [-0.39, 0.29) is 11.9 Å². The van der Waals surface area contributed by atoms with Crippen molar-refractivity contribution in [1.29, 1.82) is 0 Å². The maximum atomic E-state index is 12.2. The lowest BCUT2D eigenvalue weighted by Gasteiger charge is -2.09. The minimum Gasteiger partial charge on any atom is -0.462 e. The van der Waals surface area contributed by atoms with E-state index < -0.39 is 0 Å². The van der Waals surface area contributed by atoms with Crippen molar-refractivity contribution >= 4 is 11.9 Å². The fourth-order valence-corrected chi connectivity index (χ4v) is 3.03. The van der Waals surface area contributed by atoms with Gasteiger partial charge in [-0.3, -0.25) is 4.79 Å². The molecule has 0 bridgehead atoms. The Morgan fingerprint density at radius 3 is 2.10 bits per heavy atom. The van der Waals surface area contributed by atoms with Crippen LogP contribution in [0.15, 0.2) is 48.5 Å². The molecule has 0 fully saturated rings. The van der Waals surface area contributed by atoms with E-state index in [1.807, 2.05) is 24.3 Å². The van der Waals surface area contributed by atoms with E-state index in [2.05, 4.69) is 20.8 Å². The topological polar surface area (TPSA) is 52.6 Å². The second-order valence-corrected chi connectivity index (χ2v) is 7.82. The molecule has 0 aliphatic rings. The molecule has 0 heterocycles. The highest BCUT2D eigenvalue weighted by Gasteiger charge is 2.09. The Morgan fingerprint density at radius 1 is 0.867 bits per heavy atom. The molecule has 0 spiro atoms. The monoisotopic (exact) mass is 410 g/mol. The van der Waals surface area contributed by atoms with Gasteiger partial charge in [0, 0.05) is 6.42 Å². The van der Waals surface area contributed by atoms with Gasteiger partial charge in [-0.2, -0.15) is 0 Å². The van der Waals surface area contributed by atoms with Crippen molar-refractivity contribution in [3.63, 3.8) is 0 Å². The van der Waals surface area contributed by atoms with Crippen LogP contribution >= 0.6 is 0 Å². The summed E-state index contributed by atoms with van der Waals surface area (Å²) in [6.45, 7) is 6.89. The van der Waals surface area contributed by atoms with Gasteiger partial charge in [0.25, 0.3) is 0 Å². The molecule has 1 atom stereocenters. The van der Waals surface area contributed by atoms with Crippen molar-refractivity contribution in [3.8, 4) is 16.9 Å². The maximum Gasteiger partial charge on any atom is 0.338 e. The molecular formula is C26H34O4. The van der Waals surface area contributed by atoms with E-state index in [0.29, 0.717) is 30.3 Å². The molecule has 0 aromatic heterocycles. The number of unbranched alkanes of at least 4 members (excludes halogenated alkanes) is 3. The number of hydrogen-bond acceptors (Lipinski definition) is 4. The molecule has 2 rings (SSSR count). The van der Waals surface area contributed by atoms with Crippen LogP contribution in [-0.2, 0) is 9.53 Å². The van der Waals surface area contributed by atoms with Gasteiger partial charge < -0.3 is 9.47 Å². The first-order valence-corrected chi connectivity index (χ1v) is 11.1. The Hall–Kier alpha value is -2.62. The van der Waals surface area contributed by atoms with Crippen LogP contribution in [0.3, 0.4) is 0 Å². The molecule has 4 nitrogen and oxygen atoms in total. The lowest BCUT2D eigenvalue weighted by Crippen LogP contribution is -2.08. The number of ether oxygens (including phenoxy) is 2. The van der Waals surface area contributed by atoms with Crippen LogP contribution < -0.4 is 4.74 Å². The van der Waals surface area contributed by atoms with E-state index in [1.54, 1.807) is 24.3 Å². The van der Waals surface area contributed by atoms with Crippen molar-refractivity contribution in [1.82, 2.24) is 0 Å². The van der Waals surface area contributed by atoms with Crippen molar-refractivity contribution in [2.45, 2.75) is 65.7 Å². The second-order valence-electron chi connectivity index (χ2n) is 7.82. The van der Waals surface area contributed by atoms with E-state index in [0.717, 1.165) is 49.7 Å². The predicted octanol–water partition coefficient (Wildman–Crippen LogP) is 6.82. The number of hydrogen-bond donors (Lipinski definition) is 0. The number of benzene rings is 2. The Labute approximate surface area is 180 Å². The van der Waals surface area contributed by atoms with E-state index >= 15 is 0 Å². The summed E-state index contributed by atoms with van der Waals surface area (Å²) in [6.07, 6.45) is 6.66. The minimum absolute atomic E-state index is 0.185. The van der Waals surface area contributed by atoms with Gasteiger partial charge in [0.2, 0.25) is 0 Å². The number of esters is 2. The molecular weight excluding hydrogens is 376 g/mol. The fraction of sp³-hybridized carbons (Fsp3) is 0.462. The first-order chi connectivity index (χ1) is 14.5. The van der Waals surface area contributed by atoms with Crippen LogP contribution in [0.4, 0.5) is 0 Å². The average Bonchev–Trinajstić information content (AvgIpc) is 2.77. The van der Waals surface area contributed by atoms with Crippen LogP contribution in [-0.4, -0.2) is 18.5 Å². The van der Waals surface area contributed by atoms with Crippen LogP contribution in [0, 0.1) is 5.92 Å². The summed E-state index contributed by atoms with van der Waals surface area (Å²) in [7, 11) is 0. The summed E-state index contributed by atoms with van der Waals surface area (Å²) in [4.78, 5) is 24.0. The molecule has 4 heteroatoms. The summed E-state index contributed by atoms with van der Waals surface area (Å²) in [5.41, 5.74) is 2.54. The van der Waals surface area contributed by atoms with Gasteiger partial charge in [-0.25, -0.2) is 4.79 Å². The zero-order chi connectivity index (χ0) is 21.8. The Morgan fingerprint density at radius 2 is 1.50 bits per heavy atom. The third kappa shape index (κ3) is 8.02. The van der Waals surface area contributed by atoms with E-state index in [4.69, 9.17) is 9.47 Å². The summed E-state index contributed by atoms with van der Waals surface area (Å²) in [6, 6.07) is 14.8. The van der Waals surface area contributed by atoms with Crippen molar-refractivity contribution in [2.24, 2.45) is 5.92 Å². The first kappa shape index (κ1) is 23.7. The summed E-state index contributed by atoms with van der Waals surface area (Å²) < 4.78 is 10.8. The SMILES string of the molecule is CCCCCCC(=O)Oc1ccc(-c2ccc(C(=O)OCCC(C)CC)cc2)cc1. The van der Waals surface area contributed by atoms with Crippen molar-refractivity contribution in [3.05, 3.63) is 54.1 Å². The largest absolute Gasteiger partial charge is 0.462 e. The summed E-state index contributed by atoms with van der Waals surface area (Å²) in [5.74, 6) is 0.644.